The zero-order valence-electron chi connectivity index (χ0n) is 10.9. The summed E-state index contributed by atoms with van der Waals surface area (Å²) in [7, 11) is 1.91. The zero-order chi connectivity index (χ0) is 13.2. The number of anilines is 1. The van der Waals surface area contributed by atoms with Crippen molar-refractivity contribution in [1.82, 2.24) is 10.3 Å². The molecule has 2 heterocycles. The molecule has 1 aliphatic rings. The summed E-state index contributed by atoms with van der Waals surface area (Å²) < 4.78 is 5.98. The lowest BCUT2D eigenvalue weighted by Crippen LogP contribution is -2.45. The molecule has 0 saturated carbocycles. The van der Waals surface area contributed by atoms with E-state index in [9.17, 15) is 0 Å². The van der Waals surface area contributed by atoms with Crippen LogP contribution in [0.3, 0.4) is 0 Å². The molecule has 0 amide bonds. The molecule has 18 heavy (non-hydrogen) atoms. The number of nitrogens with zero attached hydrogens (tertiary/aromatic N) is 1. The smallest absolute Gasteiger partial charge is 0.128 e. The molecule has 100 valence electrons. The summed E-state index contributed by atoms with van der Waals surface area (Å²) >= 11 is 6.02. The first-order valence-electron chi connectivity index (χ1n) is 6.29. The van der Waals surface area contributed by atoms with Crippen molar-refractivity contribution in [2.45, 2.75) is 37.8 Å². The van der Waals surface area contributed by atoms with Crippen molar-refractivity contribution < 1.29 is 4.74 Å². The quantitative estimate of drug-likeness (QED) is 0.885. The summed E-state index contributed by atoms with van der Waals surface area (Å²) in [6.45, 7) is 2.91. The van der Waals surface area contributed by atoms with Gasteiger partial charge in [0, 0.05) is 18.4 Å². The topological polar surface area (TPSA) is 60.2 Å². The van der Waals surface area contributed by atoms with E-state index in [4.69, 9.17) is 22.1 Å². The van der Waals surface area contributed by atoms with Gasteiger partial charge in [-0.1, -0.05) is 11.6 Å². The molecule has 4 nitrogen and oxygen atoms in total. The lowest BCUT2D eigenvalue weighted by Gasteiger charge is -2.41. The van der Waals surface area contributed by atoms with Crippen LogP contribution in [0.1, 0.15) is 37.8 Å². The summed E-state index contributed by atoms with van der Waals surface area (Å²) in [4.78, 5) is 4.12. The molecule has 0 aliphatic carbocycles. The van der Waals surface area contributed by atoms with Gasteiger partial charge in [0.2, 0.25) is 0 Å². The van der Waals surface area contributed by atoms with Gasteiger partial charge >= 0.3 is 0 Å². The third kappa shape index (κ3) is 2.60. The molecular weight excluding hydrogens is 250 g/mol. The maximum atomic E-state index is 6.02. The van der Waals surface area contributed by atoms with Crippen LogP contribution >= 0.6 is 11.6 Å². The fourth-order valence-electron chi connectivity index (χ4n) is 2.67. The van der Waals surface area contributed by atoms with Crippen LogP contribution in [-0.2, 0) is 4.74 Å². The predicted molar refractivity (Wildman–Crippen MR) is 73.7 cm³/mol. The van der Waals surface area contributed by atoms with E-state index in [0.717, 1.165) is 25.0 Å². The molecule has 0 bridgehead atoms. The number of rotatable bonds is 3. The Balaban J connectivity index is 2.35. The van der Waals surface area contributed by atoms with Crippen LogP contribution in [0, 0.1) is 0 Å². The van der Waals surface area contributed by atoms with E-state index >= 15 is 0 Å². The molecular formula is C13H20ClN3O. The summed E-state index contributed by atoms with van der Waals surface area (Å²) in [5.74, 6) is 0.508. The number of hydrogen-bond donors (Lipinski definition) is 2. The summed E-state index contributed by atoms with van der Waals surface area (Å²) in [5.41, 5.74) is 6.62. The zero-order valence-corrected chi connectivity index (χ0v) is 11.6. The number of aromatic nitrogens is 1. The minimum Gasteiger partial charge on any atom is -0.383 e. The van der Waals surface area contributed by atoms with Gasteiger partial charge in [-0.05, 0) is 39.3 Å². The summed E-state index contributed by atoms with van der Waals surface area (Å²) in [6.07, 6.45) is 4.86. The molecule has 2 rings (SSSR count). The molecule has 0 aromatic carbocycles. The van der Waals surface area contributed by atoms with Gasteiger partial charge in [0.15, 0.2) is 0 Å². The van der Waals surface area contributed by atoms with Crippen molar-refractivity contribution in [2.24, 2.45) is 0 Å². The van der Waals surface area contributed by atoms with Crippen LogP contribution in [0.2, 0.25) is 5.02 Å². The molecule has 1 aliphatic heterocycles. The average Bonchev–Trinajstić information content (AvgIpc) is 2.35. The van der Waals surface area contributed by atoms with E-state index in [2.05, 4.69) is 17.2 Å². The number of pyridine rings is 1. The van der Waals surface area contributed by atoms with E-state index in [-0.39, 0.29) is 11.6 Å². The van der Waals surface area contributed by atoms with Crippen LogP contribution in [0.4, 0.5) is 5.82 Å². The van der Waals surface area contributed by atoms with Crippen LogP contribution in [0.25, 0.3) is 0 Å². The molecule has 3 N–H and O–H groups in total. The Morgan fingerprint density at radius 1 is 1.56 bits per heavy atom. The summed E-state index contributed by atoms with van der Waals surface area (Å²) in [5, 5.41) is 3.89. The Hall–Kier alpha value is -0.840. The van der Waals surface area contributed by atoms with Crippen LogP contribution in [-0.4, -0.2) is 24.2 Å². The summed E-state index contributed by atoms with van der Waals surface area (Å²) in [6, 6.07) is 1.87. The minimum atomic E-state index is -0.256. The van der Waals surface area contributed by atoms with Crippen LogP contribution in [0.5, 0.6) is 0 Å². The van der Waals surface area contributed by atoms with Crippen molar-refractivity contribution in [3.8, 4) is 0 Å². The Morgan fingerprint density at radius 2 is 2.33 bits per heavy atom. The predicted octanol–water partition coefficient (Wildman–Crippen LogP) is 2.54. The van der Waals surface area contributed by atoms with Crippen LogP contribution in [0.15, 0.2) is 12.3 Å². The second-order valence-electron chi connectivity index (χ2n) is 4.97. The lowest BCUT2D eigenvalue weighted by molar-refractivity contribution is -0.0883. The Labute approximate surface area is 113 Å². The van der Waals surface area contributed by atoms with Crippen molar-refractivity contribution >= 4 is 17.4 Å². The van der Waals surface area contributed by atoms with E-state index in [0.29, 0.717) is 10.8 Å². The average molecular weight is 270 g/mol. The van der Waals surface area contributed by atoms with Gasteiger partial charge in [0.1, 0.15) is 5.82 Å². The van der Waals surface area contributed by atoms with E-state index < -0.39 is 0 Å². The van der Waals surface area contributed by atoms with Gasteiger partial charge in [-0.2, -0.15) is 0 Å². The van der Waals surface area contributed by atoms with Gasteiger partial charge < -0.3 is 15.8 Å². The first kappa shape index (κ1) is 13.6. The lowest BCUT2D eigenvalue weighted by atomic mass is 9.84. The third-order valence-electron chi connectivity index (χ3n) is 3.63. The highest BCUT2D eigenvalue weighted by atomic mass is 35.5. The third-order valence-corrected chi connectivity index (χ3v) is 3.83. The molecule has 2 unspecified atom stereocenters. The van der Waals surface area contributed by atoms with E-state index in [1.165, 1.54) is 6.42 Å². The maximum Gasteiger partial charge on any atom is 0.128 e. The maximum absolute atomic E-state index is 6.02. The number of nitrogens with one attached hydrogen (secondary N) is 1. The number of halogens is 1. The van der Waals surface area contributed by atoms with Gasteiger partial charge in [-0.3, -0.25) is 0 Å². The van der Waals surface area contributed by atoms with Crippen molar-refractivity contribution in [2.75, 3.05) is 19.4 Å². The van der Waals surface area contributed by atoms with Crippen molar-refractivity contribution in [1.29, 1.82) is 0 Å². The second kappa shape index (κ2) is 5.43. The largest absolute Gasteiger partial charge is 0.383 e. The van der Waals surface area contributed by atoms with Crippen LogP contribution < -0.4 is 11.1 Å². The molecule has 2 atom stereocenters. The fourth-order valence-corrected chi connectivity index (χ4v) is 2.84. The Bertz CT molecular complexity index is 419. The minimum absolute atomic E-state index is 0.00370. The number of hydrogen-bond acceptors (Lipinski definition) is 4. The molecule has 1 aromatic rings. The fraction of sp³-hybridized carbons (Fsp3) is 0.615. The molecule has 5 heteroatoms. The highest BCUT2D eigenvalue weighted by Gasteiger charge is 2.38. The number of nitrogens with two attached hydrogens (primary N) is 1. The second-order valence-corrected chi connectivity index (χ2v) is 5.40. The van der Waals surface area contributed by atoms with Gasteiger partial charge in [0.05, 0.1) is 16.7 Å². The standard InChI is InChI=1S/C13H20ClN3O/c1-13(5-3-4-6-18-13)11(16-2)10-7-9(14)8-17-12(10)15/h7-8,11,16H,3-6H2,1-2H3,(H2,15,17). The van der Waals surface area contributed by atoms with Crippen molar-refractivity contribution in [3.05, 3.63) is 22.8 Å². The Kier molecular flexibility index (Phi) is 4.10. The number of likely N-dealkylation sites (N-methyl/N-ethyl adjacent to an activating group) is 1. The molecule has 1 saturated heterocycles. The van der Waals surface area contributed by atoms with E-state index in [1.54, 1.807) is 6.20 Å². The molecule has 0 spiro atoms. The van der Waals surface area contributed by atoms with E-state index in [1.807, 2.05) is 13.1 Å². The highest BCUT2D eigenvalue weighted by Crippen LogP contribution is 2.38. The first-order valence-corrected chi connectivity index (χ1v) is 6.67. The molecule has 0 radical (unpaired) electrons. The van der Waals surface area contributed by atoms with Crippen molar-refractivity contribution in [3.63, 3.8) is 0 Å². The molecule has 1 aromatic heterocycles. The number of ether oxygens (including phenoxy) is 1. The SMILES string of the molecule is CNC(c1cc(Cl)cnc1N)C1(C)CCCCO1. The van der Waals surface area contributed by atoms with Gasteiger partial charge in [-0.15, -0.1) is 0 Å². The number of nitrogen functional groups attached to an aromatic ring is 1. The monoisotopic (exact) mass is 269 g/mol. The Morgan fingerprint density at radius 3 is 2.94 bits per heavy atom. The highest BCUT2D eigenvalue weighted by molar-refractivity contribution is 6.30. The van der Waals surface area contributed by atoms with Gasteiger partial charge in [-0.25, -0.2) is 4.98 Å². The normalized spacial score (nSPS) is 25.9. The van der Waals surface area contributed by atoms with Gasteiger partial charge in [0.25, 0.3) is 0 Å². The first-order chi connectivity index (χ1) is 8.57. The molecule has 1 fully saturated rings.